The lowest BCUT2D eigenvalue weighted by atomic mass is 10.3. The monoisotopic (exact) mass is 274 g/mol. The molecular weight excluding hydrogens is 248 g/mol. The highest BCUT2D eigenvalue weighted by molar-refractivity contribution is 4.81. The van der Waals surface area contributed by atoms with Gasteiger partial charge in [-0.05, 0) is 25.7 Å². The number of ether oxygens (including phenoxy) is 3. The molecule has 0 radical (unpaired) electrons. The van der Waals surface area contributed by atoms with E-state index in [1.54, 1.807) is 0 Å². The number of aliphatic hydroxyl groups excluding tert-OH is 2. The third-order valence-corrected chi connectivity index (χ3v) is 2.12. The second-order valence-electron chi connectivity index (χ2n) is 3.80. The van der Waals surface area contributed by atoms with E-state index in [4.69, 9.17) is 24.4 Å². The van der Waals surface area contributed by atoms with Gasteiger partial charge in [-0.15, -0.1) is 0 Å². The summed E-state index contributed by atoms with van der Waals surface area (Å²) >= 11 is 0. The molecule has 0 saturated carbocycles. The molecule has 0 aromatic heterocycles. The molecule has 0 aliphatic rings. The maximum atomic E-state index is 8.54. The summed E-state index contributed by atoms with van der Waals surface area (Å²) in [6, 6.07) is 0. The van der Waals surface area contributed by atoms with E-state index in [2.05, 4.69) is 0 Å². The van der Waals surface area contributed by atoms with Gasteiger partial charge in [-0.3, -0.25) is 0 Å². The summed E-state index contributed by atoms with van der Waals surface area (Å²) in [5.41, 5.74) is 0. The third kappa shape index (κ3) is 17.3. The van der Waals surface area contributed by atoms with Gasteiger partial charge >= 0.3 is 0 Å². The second kappa shape index (κ2) is 17.3. The Labute approximate surface area is 115 Å². The normalized spacial score (nSPS) is 11.9. The average molecular weight is 274 g/mol. The molecule has 0 aliphatic carbocycles. The van der Waals surface area contributed by atoms with Gasteiger partial charge in [-0.2, -0.15) is 0 Å². The summed E-state index contributed by atoms with van der Waals surface area (Å²) in [5.74, 6) is 0. The van der Waals surface area contributed by atoms with Crippen LogP contribution in [-0.2, 0) is 14.2 Å². The Morgan fingerprint density at radius 1 is 0.579 bits per heavy atom. The fraction of sp³-hybridized carbons (Fsp3) is 0.714. The van der Waals surface area contributed by atoms with Crippen molar-refractivity contribution in [3.63, 3.8) is 0 Å². The van der Waals surface area contributed by atoms with E-state index in [1.807, 2.05) is 24.3 Å². The summed E-state index contributed by atoms with van der Waals surface area (Å²) in [6.45, 7) is 2.04. The Balaban J connectivity index is 3.02. The van der Waals surface area contributed by atoms with Crippen LogP contribution in [0.1, 0.15) is 25.7 Å². The van der Waals surface area contributed by atoms with Crippen LogP contribution < -0.4 is 0 Å². The zero-order valence-electron chi connectivity index (χ0n) is 11.5. The lowest BCUT2D eigenvalue weighted by molar-refractivity contribution is -0.129. The van der Waals surface area contributed by atoms with Crippen LogP contribution in [0.2, 0.25) is 0 Å². The molecule has 0 amide bonds. The van der Waals surface area contributed by atoms with Crippen molar-refractivity contribution in [1.82, 2.24) is 0 Å². The van der Waals surface area contributed by atoms with Crippen LogP contribution in [0.5, 0.6) is 0 Å². The fourth-order valence-corrected chi connectivity index (χ4v) is 1.19. The standard InChI is InChI=1S/C14H26O5/c15-9-5-1-3-7-11-17-13-19-14-18-12-8-4-2-6-10-16/h1-4,15-16H,5-14H2. The topological polar surface area (TPSA) is 68.2 Å². The second-order valence-corrected chi connectivity index (χ2v) is 3.80. The predicted molar refractivity (Wildman–Crippen MR) is 73.6 cm³/mol. The van der Waals surface area contributed by atoms with Crippen LogP contribution in [0.3, 0.4) is 0 Å². The average Bonchev–Trinajstić information content (AvgIpc) is 2.43. The van der Waals surface area contributed by atoms with E-state index in [0.717, 1.165) is 12.8 Å². The van der Waals surface area contributed by atoms with Crippen LogP contribution in [0.25, 0.3) is 0 Å². The van der Waals surface area contributed by atoms with Gasteiger partial charge in [0.15, 0.2) is 0 Å². The molecule has 0 fully saturated rings. The van der Waals surface area contributed by atoms with Crippen molar-refractivity contribution < 1.29 is 24.4 Å². The zero-order valence-corrected chi connectivity index (χ0v) is 11.5. The van der Waals surface area contributed by atoms with Gasteiger partial charge in [0.2, 0.25) is 0 Å². The maximum absolute atomic E-state index is 8.54. The molecule has 112 valence electrons. The highest BCUT2D eigenvalue weighted by atomic mass is 16.7. The summed E-state index contributed by atoms with van der Waals surface area (Å²) in [6.07, 6.45) is 10.8. The van der Waals surface area contributed by atoms with Crippen LogP contribution in [0.15, 0.2) is 24.3 Å². The Kier molecular flexibility index (Phi) is 16.6. The Morgan fingerprint density at radius 3 is 1.42 bits per heavy atom. The predicted octanol–water partition coefficient (Wildman–Crippen LogP) is 1.61. The van der Waals surface area contributed by atoms with E-state index < -0.39 is 0 Å². The molecule has 19 heavy (non-hydrogen) atoms. The minimum atomic E-state index is 0.187. The molecule has 0 bridgehead atoms. The maximum Gasteiger partial charge on any atom is 0.149 e. The highest BCUT2D eigenvalue weighted by Gasteiger charge is 1.88. The van der Waals surface area contributed by atoms with Crippen LogP contribution in [0.4, 0.5) is 0 Å². The summed E-state index contributed by atoms with van der Waals surface area (Å²) in [5, 5.41) is 17.1. The van der Waals surface area contributed by atoms with E-state index in [0.29, 0.717) is 26.1 Å². The van der Waals surface area contributed by atoms with E-state index in [1.165, 1.54) is 0 Å². The van der Waals surface area contributed by atoms with Gasteiger partial charge in [-0.1, -0.05) is 24.3 Å². The summed E-state index contributed by atoms with van der Waals surface area (Å²) in [4.78, 5) is 0. The molecule has 0 heterocycles. The van der Waals surface area contributed by atoms with Gasteiger partial charge in [0.1, 0.15) is 13.6 Å². The van der Waals surface area contributed by atoms with Gasteiger partial charge in [0, 0.05) is 13.2 Å². The van der Waals surface area contributed by atoms with Crippen molar-refractivity contribution >= 4 is 0 Å². The molecule has 0 spiro atoms. The molecule has 0 unspecified atom stereocenters. The van der Waals surface area contributed by atoms with Crippen LogP contribution in [-0.4, -0.2) is 50.2 Å². The smallest absolute Gasteiger partial charge is 0.149 e. The summed E-state index contributed by atoms with van der Waals surface area (Å²) < 4.78 is 15.5. The lowest BCUT2D eigenvalue weighted by Crippen LogP contribution is -2.05. The first kappa shape index (κ1) is 18.3. The van der Waals surface area contributed by atoms with Crippen LogP contribution >= 0.6 is 0 Å². The van der Waals surface area contributed by atoms with Crippen molar-refractivity contribution in [3.8, 4) is 0 Å². The largest absolute Gasteiger partial charge is 0.396 e. The SMILES string of the molecule is OCCC=CCCOCOCOCCC=CCCO. The van der Waals surface area contributed by atoms with E-state index in [9.17, 15) is 0 Å². The van der Waals surface area contributed by atoms with Crippen molar-refractivity contribution in [3.05, 3.63) is 24.3 Å². The van der Waals surface area contributed by atoms with Crippen molar-refractivity contribution in [2.75, 3.05) is 40.0 Å². The number of aliphatic hydroxyl groups is 2. The van der Waals surface area contributed by atoms with Gasteiger partial charge < -0.3 is 24.4 Å². The van der Waals surface area contributed by atoms with Crippen LogP contribution in [0, 0.1) is 0 Å². The van der Waals surface area contributed by atoms with Crippen molar-refractivity contribution in [2.45, 2.75) is 25.7 Å². The molecule has 0 atom stereocenters. The van der Waals surface area contributed by atoms with Crippen molar-refractivity contribution in [2.24, 2.45) is 0 Å². The number of rotatable bonds is 14. The molecule has 2 N–H and O–H groups in total. The minimum absolute atomic E-state index is 0.187. The first-order valence-corrected chi connectivity index (χ1v) is 6.66. The highest BCUT2D eigenvalue weighted by Crippen LogP contribution is 1.91. The summed E-state index contributed by atoms with van der Waals surface area (Å²) in [7, 11) is 0. The third-order valence-electron chi connectivity index (χ3n) is 2.12. The first-order chi connectivity index (χ1) is 9.41. The molecule has 0 saturated heterocycles. The molecule has 0 aromatic carbocycles. The Hall–Kier alpha value is -0.720. The molecule has 0 aromatic rings. The van der Waals surface area contributed by atoms with E-state index >= 15 is 0 Å². The lowest BCUT2D eigenvalue weighted by Gasteiger charge is -2.05. The first-order valence-electron chi connectivity index (χ1n) is 6.66. The van der Waals surface area contributed by atoms with Crippen molar-refractivity contribution in [1.29, 1.82) is 0 Å². The molecule has 0 rings (SSSR count). The number of hydrogen-bond acceptors (Lipinski definition) is 5. The molecule has 5 heteroatoms. The minimum Gasteiger partial charge on any atom is -0.396 e. The molecule has 0 aliphatic heterocycles. The zero-order chi connectivity index (χ0) is 14.0. The van der Waals surface area contributed by atoms with E-state index in [-0.39, 0.29) is 26.8 Å². The fourth-order valence-electron chi connectivity index (χ4n) is 1.19. The Bertz CT molecular complexity index is 194. The number of hydrogen-bond donors (Lipinski definition) is 2. The van der Waals surface area contributed by atoms with Gasteiger partial charge in [0.05, 0.1) is 13.2 Å². The van der Waals surface area contributed by atoms with Gasteiger partial charge in [-0.25, -0.2) is 0 Å². The molecule has 5 nitrogen and oxygen atoms in total. The van der Waals surface area contributed by atoms with Gasteiger partial charge in [0.25, 0.3) is 0 Å². The molecular formula is C14H26O5. The Morgan fingerprint density at radius 2 is 1.00 bits per heavy atom. The quantitative estimate of drug-likeness (QED) is 0.286.